The first kappa shape index (κ1) is 5.37. The molecule has 0 aromatic heterocycles. The Morgan fingerprint density at radius 1 is 1.40 bits per heavy atom. The Hall–Kier alpha value is -1.42. The van der Waals surface area contributed by atoms with Gasteiger partial charge in [-0.3, -0.25) is 0 Å². The lowest BCUT2D eigenvalue weighted by atomic mass is 10.4. The summed E-state index contributed by atoms with van der Waals surface area (Å²) in [5, 5.41) is 6.31. The molecule has 52 valence electrons. The second-order valence-corrected chi connectivity index (χ2v) is 2.09. The van der Waals surface area contributed by atoms with Crippen molar-refractivity contribution >= 4 is 0 Å². The number of allylic oxidation sites excluding steroid dienone is 1. The maximum Gasteiger partial charge on any atom is 0.0816 e. The Morgan fingerprint density at radius 3 is 3.10 bits per heavy atom. The van der Waals surface area contributed by atoms with Crippen molar-refractivity contribution in [3.05, 3.63) is 36.6 Å². The highest BCUT2D eigenvalue weighted by molar-refractivity contribution is 5.25. The smallest absolute Gasteiger partial charge is 0.0816 e. The molecule has 0 aromatic rings. The SMILES string of the molecule is NN1C=CC2=CNC=CN21. The summed E-state index contributed by atoms with van der Waals surface area (Å²) >= 11 is 0. The molecule has 0 saturated carbocycles. The van der Waals surface area contributed by atoms with Crippen molar-refractivity contribution in [3.8, 4) is 0 Å². The molecule has 2 heterocycles. The highest BCUT2D eigenvalue weighted by atomic mass is 15.8. The van der Waals surface area contributed by atoms with Gasteiger partial charge in [0.25, 0.3) is 0 Å². The monoisotopic (exact) mass is 136 g/mol. The first-order valence-electron chi connectivity index (χ1n) is 3.02. The van der Waals surface area contributed by atoms with Crippen LogP contribution in [0.3, 0.4) is 0 Å². The van der Waals surface area contributed by atoms with Crippen molar-refractivity contribution in [1.82, 2.24) is 15.4 Å². The van der Waals surface area contributed by atoms with E-state index in [-0.39, 0.29) is 0 Å². The fourth-order valence-corrected chi connectivity index (χ4v) is 0.959. The Kier molecular flexibility index (Phi) is 0.956. The third kappa shape index (κ3) is 0.593. The van der Waals surface area contributed by atoms with E-state index in [9.17, 15) is 0 Å². The molecule has 0 bridgehead atoms. The zero-order chi connectivity index (χ0) is 6.97. The topological polar surface area (TPSA) is 44.5 Å². The zero-order valence-corrected chi connectivity index (χ0v) is 5.36. The van der Waals surface area contributed by atoms with E-state index in [4.69, 9.17) is 5.84 Å². The van der Waals surface area contributed by atoms with Crippen LogP contribution in [0, 0.1) is 0 Å². The second kappa shape index (κ2) is 1.78. The van der Waals surface area contributed by atoms with Crippen molar-refractivity contribution in [1.29, 1.82) is 0 Å². The molecular formula is C6H8N4. The molecule has 2 rings (SSSR count). The number of nitrogens with one attached hydrogen (secondary N) is 1. The first-order chi connectivity index (χ1) is 4.88. The van der Waals surface area contributed by atoms with Crippen LogP contribution >= 0.6 is 0 Å². The minimum absolute atomic E-state index is 1.05. The normalized spacial score (nSPS) is 20.7. The van der Waals surface area contributed by atoms with Crippen molar-refractivity contribution in [2.45, 2.75) is 0 Å². The van der Waals surface area contributed by atoms with E-state index in [1.165, 1.54) is 5.12 Å². The Bertz CT molecular complexity index is 228. The molecule has 2 aliphatic rings. The van der Waals surface area contributed by atoms with E-state index in [0.29, 0.717) is 0 Å². The van der Waals surface area contributed by atoms with Gasteiger partial charge in [-0.1, -0.05) is 0 Å². The van der Waals surface area contributed by atoms with Crippen LogP contribution in [-0.4, -0.2) is 10.1 Å². The molecule has 0 saturated heterocycles. The molecule has 3 N–H and O–H groups in total. The fraction of sp³-hybridized carbons (Fsp3) is 0. The van der Waals surface area contributed by atoms with Gasteiger partial charge in [0.05, 0.1) is 5.70 Å². The molecule has 0 unspecified atom stereocenters. The molecule has 4 nitrogen and oxygen atoms in total. The highest BCUT2D eigenvalue weighted by Gasteiger charge is 2.15. The summed E-state index contributed by atoms with van der Waals surface area (Å²) in [7, 11) is 0. The number of fused-ring (bicyclic) bond motifs is 1. The number of nitrogens with two attached hydrogens (primary N) is 1. The molecular weight excluding hydrogens is 128 g/mol. The van der Waals surface area contributed by atoms with Gasteiger partial charge in [-0.05, 0) is 6.08 Å². The van der Waals surface area contributed by atoms with Gasteiger partial charge in [-0.2, -0.15) is 0 Å². The van der Waals surface area contributed by atoms with Gasteiger partial charge in [0.15, 0.2) is 0 Å². The van der Waals surface area contributed by atoms with Crippen LogP contribution < -0.4 is 11.2 Å². The van der Waals surface area contributed by atoms with Gasteiger partial charge >= 0.3 is 0 Å². The Morgan fingerprint density at radius 2 is 2.30 bits per heavy atom. The summed E-state index contributed by atoms with van der Waals surface area (Å²) in [5.74, 6) is 5.54. The lowest BCUT2D eigenvalue weighted by molar-refractivity contribution is 0.137. The molecule has 4 heteroatoms. The number of hydrazine groups is 2. The quantitative estimate of drug-likeness (QED) is 0.453. The van der Waals surface area contributed by atoms with Gasteiger partial charge in [0, 0.05) is 24.8 Å². The molecule has 0 spiro atoms. The zero-order valence-electron chi connectivity index (χ0n) is 5.36. The van der Waals surface area contributed by atoms with E-state index in [2.05, 4.69) is 5.32 Å². The highest BCUT2D eigenvalue weighted by Crippen LogP contribution is 2.16. The first-order valence-corrected chi connectivity index (χ1v) is 3.02. The van der Waals surface area contributed by atoms with Gasteiger partial charge in [0.2, 0.25) is 0 Å². The molecule has 0 aromatic carbocycles. The lowest BCUT2D eigenvalue weighted by Gasteiger charge is -2.25. The number of hydrogen-bond donors (Lipinski definition) is 2. The molecule has 0 fully saturated rings. The van der Waals surface area contributed by atoms with E-state index in [1.54, 1.807) is 6.20 Å². The average Bonchev–Trinajstić information content (AvgIpc) is 2.34. The van der Waals surface area contributed by atoms with E-state index in [0.717, 1.165) is 5.70 Å². The van der Waals surface area contributed by atoms with Crippen LogP contribution in [0.2, 0.25) is 0 Å². The average molecular weight is 136 g/mol. The van der Waals surface area contributed by atoms with Gasteiger partial charge in [-0.15, -0.1) is 0 Å². The molecule has 10 heavy (non-hydrogen) atoms. The second-order valence-electron chi connectivity index (χ2n) is 2.09. The molecule has 2 aliphatic heterocycles. The minimum Gasteiger partial charge on any atom is -0.364 e. The number of rotatable bonds is 0. The van der Waals surface area contributed by atoms with Crippen molar-refractivity contribution < 1.29 is 0 Å². The fourth-order valence-electron chi connectivity index (χ4n) is 0.959. The maximum atomic E-state index is 5.54. The van der Waals surface area contributed by atoms with E-state index < -0.39 is 0 Å². The van der Waals surface area contributed by atoms with E-state index in [1.807, 2.05) is 29.7 Å². The van der Waals surface area contributed by atoms with Crippen LogP contribution in [0.25, 0.3) is 0 Å². The predicted octanol–water partition coefficient (Wildman–Crippen LogP) is -0.178. The van der Waals surface area contributed by atoms with Crippen LogP contribution in [0.4, 0.5) is 0 Å². The third-order valence-electron chi connectivity index (χ3n) is 1.45. The summed E-state index contributed by atoms with van der Waals surface area (Å²) < 4.78 is 0. The summed E-state index contributed by atoms with van der Waals surface area (Å²) in [6, 6.07) is 0. The third-order valence-corrected chi connectivity index (χ3v) is 1.45. The molecule has 0 amide bonds. The standard InChI is InChI=1S/C6H8N4/c7-10-3-1-6-5-8-2-4-9(6)10/h1-5,8H,7H2. The number of nitrogens with zero attached hydrogens (tertiary/aromatic N) is 2. The minimum atomic E-state index is 1.05. The van der Waals surface area contributed by atoms with Crippen LogP contribution in [0.15, 0.2) is 36.6 Å². The summed E-state index contributed by atoms with van der Waals surface area (Å²) in [6.07, 6.45) is 9.27. The summed E-state index contributed by atoms with van der Waals surface area (Å²) in [5.41, 5.74) is 1.05. The van der Waals surface area contributed by atoms with Crippen LogP contribution in [0.1, 0.15) is 0 Å². The maximum absolute atomic E-state index is 5.54. The van der Waals surface area contributed by atoms with Gasteiger partial charge in [0.1, 0.15) is 0 Å². The van der Waals surface area contributed by atoms with Gasteiger partial charge in [-0.25, -0.2) is 16.0 Å². The summed E-state index contributed by atoms with van der Waals surface area (Å²) in [4.78, 5) is 0. The van der Waals surface area contributed by atoms with Crippen molar-refractivity contribution in [3.63, 3.8) is 0 Å². The van der Waals surface area contributed by atoms with Crippen LogP contribution in [0.5, 0.6) is 0 Å². The Labute approximate surface area is 58.8 Å². The summed E-state index contributed by atoms with van der Waals surface area (Å²) in [6.45, 7) is 0. The molecule has 0 radical (unpaired) electrons. The molecule has 0 atom stereocenters. The predicted molar refractivity (Wildman–Crippen MR) is 37.4 cm³/mol. The molecule has 0 aliphatic carbocycles. The number of hydrogen-bond acceptors (Lipinski definition) is 4. The van der Waals surface area contributed by atoms with E-state index >= 15 is 0 Å². The van der Waals surface area contributed by atoms with Crippen LogP contribution in [-0.2, 0) is 0 Å². The van der Waals surface area contributed by atoms with Crippen molar-refractivity contribution in [2.24, 2.45) is 5.84 Å². The van der Waals surface area contributed by atoms with Crippen molar-refractivity contribution in [2.75, 3.05) is 0 Å². The Balaban J connectivity index is 2.30. The van der Waals surface area contributed by atoms with Gasteiger partial charge < -0.3 is 5.32 Å². The largest absolute Gasteiger partial charge is 0.364 e. The lowest BCUT2D eigenvalue weighted by Crippen LogP contribution is -2.37.